The number of aliphatic hydroxyl groups is 1. The number of aliphatic hydroxyl groups excluding tert-OH is 1. The molecule has 1 saturated heterocycles. The number of hydrogen-bond donors (Lipinski definition) is 2. The van der Waals surface area contributed by atoms with Gasteiger partial charge in [-0.2, -0.15) is 0 Å². The monoisotopic (exact) mass is 247 g/mol. The Morgan fingerprint density at radius 2 is 2.33 bits per heavy atom. The molecule has 18 heavy (non-hydrogen) atoms. The summed E-state index contributed by atoms with van der Waals surface area (Å²) in [5.74, 6) is 0.561. The molecule has 0 amide bonds. The zero-order valence-electron chi connectivity index (χ0n) is 10.9. The molecule has 0 spiro atoms. The topological polar surface area (TPSA) is 41.5 Å². The predicted octanol–water partition coefficient (Wildman–Crippen LogP) is 2.64. The Morgan fingerprint density at radius 3 is 3.17 bits per heavy atom. The maximum atomic E-state index is 9.01. The minimum absolute atomic E-state index is 0.254. The van der Waals surface area contributed by atoms with Gasteiger partial charge < -0.3 is 15.2 Å². The molecule has 2 aliphatic rings. The van der Waals surface area contributed by atoms with E-state index in [1.165, 1.54) is 16.8 Å². The molecule has 3 atom stereocenters. The highest BCUT2D eigenvalue weighted by atomic mass is 16.5. The summed E-state index contributed by atoms with van der Waals surface area (Å²) in [7, 11) is 0. The molecule has 1 aromatic carbocycles. The highest BCUT2D eigenvalue weighted by Crippen LogP contribution is 2.45. The molecule has 3 unspecified atom stereocenters. The van der Waals surface area contributed by atoms with Gasteiger partial charge in [0.05, 0.1) is 6.10 Å². The fraction of sp³-hybridized carbons (Fsp3) is 0.600. The Bertz CT molecular complexity index is 433. The van der Waals surface area contributed by atoms with Gasteiger partial charge in [-0.1, -0.05) is 17.7 Å². The smallest absolute Gasteiger partial charge is 0.0893 e. The maximum absolute atomic E-state index is 9.01. The van der Waals surface area contributed by atoms with Gasteiger partial charge in [-0.15, -0.1) is 0 Å². The second-order valence-electron chi connectivity index (χ2n) is 5.45. The van der Waals surface area contributed by atoms with Crippen molar-refractivity contribution in [2.45, 2.75) is 38.3 Å². The lowest BCUT2D eigenvalue weighted by atomic mass is 9.82. The van der Waals surface area contributed by atoms with E-state index in [9.17, 15) is 0 Å². The van der Waals surface area contributed by atoms with E-state index in [1.54, 1.807) is 0 Å². The number of anilines is 1. The summed E-state index contributed by atoms with van der Waals surface area (Å²) in [5.41, 5.74) is 3.82. The van der Waals surface area contributed by atoms with Crippen molar-refractivity contribution >= 4 is 5.69 Å². The molecule has 3 rings (SSSR count). The summed E-state index contributed by atoms with van der Waals surface area (Å²) in [4.78, 5) is 0. The number of benzene rings is 1. The van der Waals surface area contributed by atoms with Crippen molar-refractivity contribution in [3.8, 4) is 0 Å². The van der Waals surface area contributed by atoms with Crippen LogP contribution in [0.3, 0.4) is 0 Å². The van der Waals surface area contributed by atoms with Gasteiger partial charge in [0.15, 0.2) is 0 Å². The number of aryl methyl sites for hydroxylation is 1. The van der Waals surface area contributed by atoms with Gasteiger partial charge in [-0.25, -0.2) is 0 Å². The minimum Gasteiger partial charge on any atom is -0.396 e. The standard InChI is InChI=1S/C15H21NO2/c1-10-4-5-14-12(9-10)15-11(6-8-18-15)13(16-14)3-2-7-17/h4-5,9,11,13,15-17H,2-3,6-8H2,1H3. The number of fused-ring (bicyclic) bond motifs is 3. The number of hydrogen-bond acceptors (Lipinski definition) is 3. The first-order valence-corrected chi connectivity index (χ1v) is 6.89. The first-order chi connectivity index (χ1) is 8.79. The van der Waals surface area contributed by atoms with Crippen LogP contribution in [0.5, 0.6) is 0 Å². The van der Waals surface area contributed by atoms with Crippen LogP contribution in [-0.2, 0) is 4.74 Å². The lowest BCUT2D eigenvalue weighted by Crippen LogP contribution is -2.36. The van der Waals surface area contributed by atoms with Gasteiger partial charge in [0, 0.05) is 36.4 Å². The van der Waals surface area contributed by atoms with Crippen molar-refractivity contribution in [2.75, 3.05) is 18.5 Å². The van der Waals surface area contributed by atoms with Crippen molar-refractivity contribution in [2.24, 2.45) is 5.92 Å². The van der Waals surface area contributed by atoms with Gasteiger partial charge in [0.25, 0.3) is 0 Å². The van der Waals surface area contributed by atoms with Gasteiger partial charge in [0.2, 0.25) is 0 Å². The average Bonchev–Trinajstić information content (AvgIpc) is 2.86. The fourth-order valence-corrected chi connectivity index (χ4v) is 3.29. The Morgan fingerprint density at radius 1 is 1.44 bits per heavy atom. The summed E-state index contributed by atoms with van der Waals surface area (Å²) in [6, 6.07) is 6.99. The van der Waals surface area contributed by atoms with Crippen LogP contribution in [0, 0.1) is 12.8 Å². The van der Waals surface area contributed by atoms with Gasteiger partial charge >= 0.3 is 0 Å². The van der Waals surface area contributed by atoms with Crippen LogP contribution in [0.25, 0.3) is 0 Å². The quantitative estimate of drug-likeness (QED) is 0.862. The van der Waals surface area contributed by atoms with Crippen molar-refractivity contribution in [3.05, 3.63) is 29.3 Å². The van der Waals surface area contributed by atoms with Crippen LogP contribution in [0.1, 0.15) is 36.5 Å². The van der Waals surface area contributed by atoms with Crippen LogP contribution >= 0.6 is 0 Å². The van der Waals surface area contributed by atoms with Crippen LogP contribution in [0.4, 0.5) is 5.69 Å². The van der Waals surface area contributed by atoms with E-state index in [4.69, 9.17) is 9.84 Å². The summed E-state index contributed by atoms with van der Waals surface area (Å²) < 4.78 is 5.95. The van der Waals surface area contributed by atoms with Crippen molar-refractivity contribution in [1.29, 1.82) is 0 Å². The third kappa shape index (κ3) is 2.02. The van der Waals surface area contributed by atoms with Crippen LogP contribution in [0.15, 0.2) is 18.2 Å². The zero-order chi connectivity index (χ0) is 12.5. The summed E-state index contributed by atoms with van der Waals surface area (Å²) in [6.45, 7) is 3.26. The molecule has 3 nitrogen and oxygen atoms in total. The Balaban J connectivity index is 1.89. The lowest BCUT2D eigenvalue weighted by Gasteiger charge is -2.36. The molecule has 0 aromatic heterocycles. The number of rotatable bonds is 3. The summed E-state index contributed by atoms with van der Waals surface area (Å²) in [5, 5.41) is 12.6. The molecule has 98 valence electrons. The number of ether oxygens (including phenoxy) is 1. The van der Waals surface area contributed by atoms with E-state index >= 15 is 0 Å². The number of nitrogens with one attached hydrogen (secondary N) is 1. The maximum Gasteiger partial charge on any atom is 0.0893 e. The summed E-state index contributed by atoms with van der Waals surface area (Å²) >= 11 is 0. The SMILES string of the molecule is Cc1ccc2c(c1)C1OCCC1C(CCCO)N2. The zero-order valence-corrected chi connectivity index (χ0v) is 10.9. The molecule has 0 saturated carbocycles. The van der Waals surface area contributed by atoms with Crippen molar-refractivity contribution in [3.63, 3.8) is 0 Å². The Kier molecular flexibility index (Phi) is 3.27. The minimum atomic E-state index is 0.254. The third-order valence-electron chi connectivity index (χ3n) is 4.18. The average molecular weight is 247 g/mol. The van der Waals surface area contributed by atoms with Gasteiger partial charge in [-0.05, 0) is 32.3 Å². The van der Waals surface area contributed by atoms with E-state index in [-0.39, 0.29) is 12.7 Å². The van der Waals surface area contributed by atoms with Gasteiger partial charge in [0.1, 0.15) is 0 Å². The van der Waals surface area contributed by atoms with E-state index < -0.39 is 0 Å². The lowest BCUT2D eigenvalue weighted by molar-refractivity contribution is 0.0813. The molecule has 2 heterocycles. The van der Waals surface area contributed by atoms with E-state index in [1.807, 2.05) is 0 Å². The normalized spacial score (nSPS) is 29.6. The van der Waals surface area contributed by atoms with Crippen LogP contribution in [0.2, 0.25) is 0 Å². The van der Waals surface area contributed by atoms with Crippen LogP contribution in [-0.4, -0.2) is 24.4 Å². The largest absolute Gasteiger partial charge is 0.396 e. The molecular weight excluding hydrogens is 226 g/mol. The predicted molar refractivity (Wildman–Crippen MR) is 71.7 cm³/mol. The molecule has 0 aliphatic carbocycles. The van der Waals surface area contributed by atoms with Crippen molar-refractivity contribution in [1.82, 2.24) is 0 Å². The Hall–Kier alpha value is -1.06. The first kappa shape index (κ1) is 12.0. The highest BCUT2D eigenvalue weighted by Gasteiger charge is 2.40. The molecular formula is C15H21NO2. The molecule has 0 bridgehead atoms. The Labute approximate surface area is 108 Å². The molecule has 1 aromatic rings. The molecule has 2 N–H and O–H groups in total. The third-order valence-corrected chi connectivity index (χ3v) is 4.18. The second kappa shape index (κ2) is 4.90. The van der Waals surface area contributed by atoms with E-state index in [2.05, 4.69) is 30.4 Å². The van der Waals surface area contributed by atoms with E-state index in [0.29, 0.717) is 12.0 Å². The van der Waals surface area contributed by atoms with Gasteiger partial charge in [-0.3, -0.25) is 0 Å². The molecule has 3 heteroatoms. The highest BCUT2D eigenvalue weighted by molar-refractivity contribution is 5.57. The van der Waals surface area contributed by atoms with E-state index in [0.717, 1.165) is 25.9 Å². The molecule has 1 fully saturated rings. The van der Waals surface area contributed by atoms with Crippen molar-refractivity contribution < 1.29 is 9.84 Å². The van der Waals surface area contributed by atoms with Crippen LogP contribution < -0.4 is 5.32 Å². The first-order valence-electron chi connectivity index (χ1n) is 6.89. The molecule has 2 aliphatic heterocycles. The summed E-state index contributed by atoms with van der Waals surface area (Å²) in [6.07, 6.45) is 3.27. The second-order valence-corrected chi connectivity index (χ2v) is 5.45. The fourth-order valence-electron chi connectivity index (χ4n) is 3.29. The molecule has 0 radical (unpaired) electrons.